The van der Waals surface area contributed by atoms with Crippen LogP contribution in [-0.2, 0) is 11.5 Å². The summed E-state index contributed by atoms with van der Waals surface area (Å²) >= 11 is 3.53. The molecule has 110 valence electrons. The molecule has 7 heteroatoms. The van der Waals surface area contributed by atoms with Crippen molar-refractivity contribution in [3.63, 3.8) is 0 Å². The second-order valence-electron chi connectivity index (χ2n) is 5.96. The van der Waals surface area contributed by atoms with Crippen LogP contribution in [-0.4, -0.2) is 36.5 Å². The first-order valence-corrected chi connectivity index (χ1v) is 11.2. The van der Waals surface area contributed by atoms with Crippen molar-refractivity contribution >= 4 is 40.7 Å². The van der Waals surface area contributed by atoms with Crippen LogP contribution in [0.15, 0.2) is 16.9 Å². The van der Waals surface area contributed by atoms with E-state index in [1.807, 2.05) is 17.9 Å². The lowest BCUT2D eigenvalue weighted by Gasteiger charge is -2.15. The van der Waals surface area contributed by atoms with Crippen LogP contribution in [0.1, 0.15) is 0 Å². The van der Waals surface area contributed by atoms with Gasteiger partial charge >= 0.3 is 0 Å². The van der Waals surface area contributed by atoms with E-state index in [2.05, 4.69) is 51.0 Å². The molecular formula is C13H21BrN4OSi. The fourth-order valence-electron chi connectivity index (χ4n) is 1.89. The van der Waals surface area contributed by atoms with Crippen molar-refractivity contribution in [3.05, 3.63) is 16.9 Å². The number of nitrogens with zero attached hydrogens (tertiary/aromatic N) is 3. The highest BCUT2D eigenvalue weighted by Gasteiger charge is 2.14. The van der Waals surface area contributed by atoms with E-state index in [0.29, 0.717) is 6.73 Å². The number of ether oxygens (including phenoxy) is 1. The summed E-state index contributed by atoms with van der Waals surface area (Å²) in [5.41, 5.74) is 1.01. The van der Waals surface area contributed by atoms with Crippen molar-refractivity contribution in [2.45, 2.75) is 32.4 Å². The lowest BCUT2D eigenvalue weighted by molar-refractivity contribution is 0.0816. The van der Waals surface area contributed by atoms with E-state index in [1.165, 1.54) is 0 Å². The van der Waals surface area contributed by atoms with Gasteiger partial charge in [-0.2, -0.15) is 5.10 Å². The highest BCUT2D eigenvalue weighted by atomic mass is 79.9. The van der Waals surface area contributed by atoms with E-state index in [4.69, 9.17) is 4.74 Å². The van der Waals surface area contributed by atoms with Crippen molar-refractivity contribution in [2.24, 2.45) is 0 Å². The molecule has 0 amide bonds. The van der Waals surface area contributed by atoms with Gasteiger partial charge < -0.3 is 10.1 Å². The second-order valence-corrected chi connectivity index (χ2v) is 12.4. The summed E-state index contributed by atoms with van der Waals surface area (Å²) < 4.78 is 8.56. The van der Waals surface area contributed by atoms with Crippen LogP contribution in [0, 0.1) is 0 Å². The summed E-state index contributed by atoms with van der Waals surface area (Å²) in [4.78, 5) is 4.32. The van der Waals surface area contributed by atoms with Gasteiger partial charge in [0.2, 0.25) is 0 Å². The van der Waals surface area contributed by atoms with Crippen molar-refractivity contribution in [2.75, 3.05) is 19.0 Å². The maximum atomic E-state index is 5.76. The average molecular weight is 357 g/mol. The molecule has 2 aromatic rings. The van der Waals surface area contributed by atoms with E-state index < -0.39 is 8.07 Å². The number of rotatable bonds is 6. The Morgan fingerprint density at radius 2 is 2.10 bits per heavy atom. The zero-order valence-electron chi connectivity index (χ0n) is 12.4. The van der Waals surface area contributed by atoms with Crippen LogP contribution in [0.2, 0.25) is 25.7 Å². The van der Waals surface area contributed by atoms with Gasteiger partial charge in [0.1, 0.15) is 12.5 Å². The minimum atomic E-state index is -1.04. The molecule has 0 unspecified atom stereocenters. The molecule has 2 aromatic heterocycles. The van der Waals surface area contributed by atoms with Crippen LogP contribution >= 0.6 is 15.9 Å². The van der Waals surface area contributed by atoms with Gasteiger partial charge in [-0.1, -0.05) is 19.6 Å². The summed E-state index contributed by atoms with van der Waals surface area (Å²) in [5.74, 6) is 0.830. The van der Waals surface area contributed by atoms with Gasteiger partial charge in [0, 0.05) is 27.9 Å². The quantitative estimate of drug-likeness (QED) is 0.635. The molecule has 0 bridgehead atoms. The third kappa shape index (κ3) is 3.59. The number of hydrogen-bond donors (Lipinski definition) is 1. The molecule has 0 fully saturated rings. The van der Waals surface area contributed by atoms with Crippen molar-refractivity contribution in [3.8, 4) is 0 Å². The molecule has 0 aliphatic rings. The van der Waals surface area contributed by atoms with E-state index in [-0.39, 0.29) is 0 Å². The molecule has 0 spiro atoms. The van der Waals surface area contributed by atoms with Crippen LogP contribution in [0.5, 0.6) is 0 Å². The molecule has 0 saturated carbocycles. The maximum Gasteiger partial charge on any atom is 0.140 e. The zero-order valence-corrected chi connectivity index (χ0v) is 15.0. The molecule has 5 nitrogen and oxygen atoms in total. The van der Waals surface area contributed by atoms with E-state index in [1.54, 1.807) is 6.20 Å². The summed E-state index contributed by atoms with van der Waals surface area (Å²) in [6.45, 7) is 8.31. The van der Waals surface area contributed by atoms with Crippen molar-refractivity contribution < 1.29 is 4.74 Å². The predicted molar refractivity (Wildman–Crippen MR) is 88.9 cm³/mol. The second kappa shape index (κ2) is 6.24. The molecule has 0 aliphatic carbocycles. The third-order valence-corrected chi connectivity index (χ3v) is 5.36. The fourth-order valence-corrected chi connectivity index (χ4v) is 3.17. The first kappa shape index (κ1) is 15.5. The Hall–Kier alpha value is -0.923. The minimum Gasteiger partial charge on any atom is -0.373 e. The van der Waals surface area contributed by atoms with Gasteiger partial charge in [-0.05, 0) is 22.0 Å². The van der Waals surface area contributed by atoms with Crippen LogP contribution in [0.25, 0.3) is 10.9 Å². The Labute approximate surface area is 128 Å². The SMILES string of the molecule is CNc1ncc(Br)c2c1cnn2COCC[Si](C)(C)C. The number of aromatic nitrogens is 3. The number of hydrogen-bond acceptors (Lipinski definition) is 4. The van der Waals surface area contributed by atoms with Gasteiger partial charge in [0.15, 0.2) is 0 Å². The smallest absolute Gasteiger partial charge is 0.140 e. The summed E-state index contributed by atoms with van der Waals surface area (Å²) in [6.07, 6.45) is 3.61. The highest BCUT2D eigenvalue weighted by molar-refractivity contribution is 9.10. The lowest BCUT2D eigenvalue weighted by atomic mass is 10.3. The van der Waals surface area contributed by atoms with Gasteiger partial charge in [-0.25, -0.2) is 9.67 Å². The highest BCUT2D eigenvalue weighted by Crippen LogP contribution is 2.27. The van der Waals surface area contributed by atoms with E-state index in [0.717, 1.165) is 33.8 Å². The standard InChI is InChI=1S/C13H21BrN4OSi/c1-15-13-10-7-17-18(12(10)11(14)8-16-13)9-19-5-6-20(2,3)4/h7-8H,5-6,9H2,1-4H3,(H,15,16). The summed E-state index contributed by atoms with van der Waals surface area (Å²) in [6, 6.07) is 1.16. The zero-order chi connectivity index (χ0) is 14.8. The van der Waals surface area contributed by atoms with E-state index in [9.17, 15) is 0 Å². The van der Waals surface area contributed by atoms with E-state index >= 15 is 0 Å². The number of nitrogens with one attached hydrogen (secondary N) is 1. The van der Waals surface area contributed by atoms with Crippen molar-refractivity contribution in [1.29, 1.82) is 0 Å². The van der Waals surface area contributed by atoms with Crippen molar-refractivity contribution in [1.82, 2.24) is 14.8 Å². The average Bonchev–Trinajstić information content (AvgIpc) is 2.79. The Morgan fingerprint density at radius 3 is 2.75 bits per heavy atom. The fraction of sp³-hybridized carbons (Fsp3) is 0.538. The molecule has 0 atom stereocenters. The molecule has 0 saturated heterocycles. The largest absolute Gasteiger partial charge is 0.373 e. The summed E-state index contributed by atoms with van der Waals surface area (Å²) in [5, 5.41) is 8.46. The molecular weight excluding hydrogens is 336 g/mol. The number of anilines is 1. The first-order valence-electron chi connectivity index (χ1n) is 6.68. The molecule has 0 aromatic carbocycles. The molecule has 2 rings (SSSR count). The van der Waals surface area contributed by atoms with Gasteiger partial charge in [0.25, 0.3) is 0 Å². The van der Waals surface area contributed by atoms with Crippen LogP contribution in [0.3, 0.4) is 0 Å². The molecule has 2 heterocycles. The Kier molecular flexibility index (Phi) is 4.82. The lowest BCUT2D eigenvalue weighted by Crippen LogP contribution is -2.22. The molecule has 0 aliphatic heterocycles. The van der Waals surface area contributed by atoms with Gasteiger partial charge in [-0.15, -0.1) is 0 Å². The Bertz CT molecular complexity index is 594. The topological polar surface area (TPSA) is 52.0 Å². The summed E-state index contributed by atoms with van der Waals surface area (Å²) in [7, 11) is 0.816. The first-order chi connectivity index (χ1) is 9.42. The Morgan fingerprint density at radius 1 is 1.35 bits per heavy atom. The van der Waals surface area contributed by atoms with Gasteiger partial charge in [0.05, 0.1) is 21.6 Å². The monoisotopic (exact) mass is 356 g/mol. The Balaban J connectivity index is 2.11. The predicted octanol–water partition coefficient (Wildman–Crippen LogP) is 3.55. The van der Waals surface area contributed by atoms with Crippen LogP contribution < -0.4 is 5.32 Å². The number of fused-ring (bicyclic) bond motifs is 1. The third-order valence-electron chi connectivity index (χ3n) is 3.07. The number of halogens is 1. The molecule has 20 heavy (non-hydrogen) atoms. The molecule has 0 radical (unpaired) electrons. The minimum absolute atomic E-state index is 0.472. The maximum absolute atomic E-state index is 5.76. The number of pyridine rings is 1. The van der Waals surface area contributed by atoms with Gasteiger partial charge in [-0.3, -0.25) is 0 Å². The van der Waals surface area contributed by atoms with Crippen LogP contribution in [0.4, 0.5) is 5.82 Å². The molecule has 1 N–H and O–H groups in total. The normalized spacial score (nSPS) is 12.1.